The molecule has 0 bridgehead atoms. The van der Waals surface area contributed by atoms with Gasteiger partial charge in [-0.15, -0.1) is 0 Å². The highest BCUT2D eigenvalue weighted by Crippen LogP contribution is 2.23. The molecule has 1 unspecified atom stereocenters. The zero-order valence-corrected chi connectivity index (χ0v) is 15.6. The van der Waals surface area contributed by atoms with Crippen LogP contribution in [0.3, 0.4) is 0 Å². The van der Waals surface area contributed by atoms with E-state index in [0.717, 1.165) is 17.6 Å². The molecule has 0 spiro atoms. The van der Waals surface area contributed by atoms with Crippen LogP contribution in [0.15, 0.2) is 36.3 Å². The van der Waals surface area contributed by atoms with Crippen molar-refractivity contribution < 1.29 is 22.8 Å². The van der Waals surface area contributed by atoms with Crippen molar-refractivity contribution in [2.24, 2.45) is 0 Å². The van der Waals surface area contributed by atoms with E-state index in [1.165, 1.54) is 4.90 Å². The Morgan fingerprint density at radius 3 is 2.54 bits per heavy atom. The minimum atomic E-state index is -4.62. The van der Waals surface area contributed by atoms with E-state index in [9.17, 15) is 22.8 Å². The summed E-state index contributed by atoms with van der Waals surface area (Å²) in [4.78, 5) is 26.1. The molecule has 6 nitrogen and oxygen atoms in total. The van der Waals surface area contributed by atoms with Gasteiger partial charge in [-0.2, -0.15) is 13.2 Å². The van der Waals surface area contributed by atoms with E-state index < -0.39 is 36.5 Å². The molecule has 1 N–H and O–H groups in total. The highest BCUT2D eigenvalue weighted by molar-refractivity contribution is 6.22. The smallest absolute Gasteiger partial charge is 0.336 e. The number of carbonyl (C=O) groups is 2. The highest BCUT2D eigenvalue weighted by atomic mass is 35.5. The number of hydrazine groups is 1. The third-order valence-electron chi connectivity index (χ3n) is 3.59. The maximum absolute atomic E-state index is 12.5. The second-order valence-electron chi connectivity index (χ2n) is 5.64. The molecule has 1 aliphatic rings. The lowest BCUT2D eigenvalue weighted by molar-refractivity contribution is -0.162. The maximum Gasteiger partial charge on any atom is 0.397 e. The van der Waals surface area contributed by atoms with Crippen LogP contribution >= 0.6 is 11.6 Å². The quantitative estimate of drug-likeness (QED) is 0.409. The first-order chi connectivity index (χ1) is 12.0. The van der Waals surface area contributed by atoms with E-state index in [1.807, 2.05) is 0 Å². The van der Waals surface area contributed by atoms with E-state index in [2.05, 4.69) is 12.0 Å². The van der Waals surface area contributed by atoms with Crippen LogP contribution in [0.4, 0.5) is 13.2 Å². The average molecular weight is 395 g/mol. The van der Waals surface area contributed by atoms with Crippen molar-refractivity contribution in [2.45, 2.75) is 31.9 Å². The van der Waals surface area contributed by atoms with Crippen LogP contribution < -0.4 is 5.43 Å². The molecule has 1 rings (SSSR count). The molecule has 0 saturated heterocycles. The van der Waals surface area contributed by atoms with Gasteiger partial charge >= 0.3 is 6.18 Å². The first kappa shape index (κ1) is 22.0. The first-order valence-electron chi connectivity index (χ1n) is 7.81. The molecule has 0 radical (unpaired) electrons. The average Bonchev–Trinajstić information content (AvgIpc) is 2.88. The summed E-state index contributed by atoms with van der Waals surface area (Å²) in [5, 5.41) is 1.61. The Bertz CT molecular complexity index is 619. The summed E-state index contributed by atoms with van der Waals surface area (Å²) in [5.74, 6) is -1.70. The maximum atomic E-state index is 12.5. The minimum Gasteiger partial charge on any atom is -0.336 e. The topological polar surface area (TPSA) is 55.9 Å². The predicted octanol–water partition coefficient (Wildman–Crippen LogP) is 2.56. The normalized spacial score (nSPS) is 17.8. The SMILES string of the molecule is C=C/C=C(\C)N1C=C(N(CC)C(=O)CN(C)C(=O)CC(F)(F)F)C(Cl)N1. The molecular weight excluding hydrogens is 373 g/mol. The highest BCUT2D eigenvalue weighted by Gasteiger charge is 2.34. The molecule has 10 heteroatoms. The Balaban J connectivity index is 2.85. The molecule has 0 fully saturated rings. The molecule has 2 amide bonds. The lowest BCUT2D eigenvalue weighted by Gasteiger charge is -2.26. The molecule has 1 aliphatic heterocycles. The largest absolute Gasteiger partial charge is 0.397 e. The third-order valence-corrected chi connectivity index (χ3v) is 3.91. The lowest BCUT2D eigenvalue weighted by Crippen LogP contribution is -2.43. The Morgan fingerprint density at radius 1 is 1.42 bits per heavy atom. The van der Waals surface area contributed by atoms with Gasteiger partial charge in [-0.1, -0.05) is 24.3 Å². The minimum absolute atomic E-state index is 0.245. The number of nitrogens with zero attached hydrogens (tertiary/aromatic N) is 3. The molecule has 0 aliphatic carbocycles. The van der Waals surface area contributed by atoms with Gasteiger partial charge in [0, 0.05) is 25.5 Å². The van der Waals surface area contributed by atoms with E-state index in [0.29, 0.717) is 5.70 Å². The van der Waals surface area contributed by atoms with Crippen molar-refractivity contribution in [1.82, 2.24) is 20.2 Å². The van der Waals surface area contributed by atoms with Crippen LogP contribution in [0.25, 0.3) is 0 Å². The fourth-order valence-corrected chi connectivity index (χ4v) is 2.55. The number of halogens is 4. The standard InChI is InChI=1S/C16H22ClF3N4O2/c1-5-7-11(3)24-9-12(15(17)21-24)23(6-2)14(26)10-22(4)13(25)8-16(18,19)20/h5,7,9,15,21H,1,6,8,10H2,2-4H3/b11-7+. The second kappa shape index (κ2) is 9.09. The van der Waals surface area contributed by atoms with Gasteiger partial charge in [0.1, 0.15) is 11.9 Å². The van der Waals surface area contributed by atoms with Crippen LogP contribution in [0.2, 0.25) is 0 Å². The predicted molar refractivity (Wildman–Crippen MR) is 92.3 cm³/mol. The number of rotatable bonds is 7. The zero-order valence-electron chi connectivity index (χ0n) is 14.8. The summed E-state index contributed by atoms with van der Waals surface area (Å²) in [6, 6.07) is 0. The summed E-state index contributed by atoms with van der Waals surface area (Å²) in [5.41, 5.74) is 3.44. The monoisotopic (exact) mass is 394 g/mol. The van der Waals surface area contributed by atoms with Crippen molar-refractivity contribution in [3.05, 3.63) is 36.3 Å². The van der Waals surface area contributed by atoms with Gasteiger partial charge in [0.05, 0.1) is 12.2 Å². The van der Waals surface area contributed by atoms with Crippen molar-refractivity contribution in [2.75, 3.05) is 20.1 Å². The molecule has 146 valence electrons. The summed E-state index contributed by atoms with van der Waals surface area (Å²) in [7, 11) is 1.16. The fourth-order valence-electron chi connectivity index (χ4n) is 2.27. The number of hydrogen-bond donors (Lipinski definition) is 1. The number of nitrogens with one attached hydrogen (secondary N) is 1. The van der Waals surface area contributed by atoms with Crippen molar-refractivity contribution in [3.8, 4) is 0 Å². The third kappa shape index (κ3) is 6.06. The van der Waals surface area contributed by atoms with Crippen molar-refractivity contribution in [1.29, 1.82) is 0 Å². The molecule has 0 aromatic heterocycles. The summed E-state index contributed by atoms with van der Waals surface area (Å²) < 4.78 is 36.9. The van der Waals surface area contributed by atoms with Crippen molar-refractivity contribution >= 4 is 23.4 Å². The van der Waals surface area contributed by atoms with E-state index in [1.54, 1.807) is 37.2 Å². The van der Waals surface area contributed by atoms with Crippen LogP contribution in [0, 0.1) is 0 Å². The zero-order chi connectivity index (χ0) is 20.1. The van der Waals surface area contributed by atoms with E-state index in [4.69, 9.17) is 11.6 Å². The van der Waals surface area contributed by atoms with E-state index >= 15 is 0 Å². The molecule has 0 aromatic carbocycles. The molecular formula is C16H22ClF3N4O2. The van der Waals surface area contributed by atoms with Gasteiger partial charge < -0.3 is 9.80 Å². The molecule has 26 heavy (non-hydrogen) atoms. The number of hydrogen-bond acceptors (Lipinski definition) is 4. The number of alkyl halides is 4. The number of likely N-dealkylation sites (N-methyl/N-ethyl adjacent to an activating group) is 2. The number of amides is 2. The van der Waals surface area contributed by atoms with Gasteiger partial charge in [0.25, 0.3) is 0 Å². The molecule has 1 atom stereocenters. The molecule has 0 aromatic rings. The first-order valence-corrected chi connectivity index (χ1v) is 8.25. The van der Waals surface area contributed by atoms with Crippen LogP contribution in [-0.4, -0.2) is 58.4 Å². The summed E-state index contributed by atoms with van der Waals surface area (Å²) in [6.45, 7) is 6.87. The van der Waals surface area contributed by atoms with Crippen LogP contribution in [0.5, 0.6) is 0 Å². The van der Waals surface area contributed by atoms with Gasteiger partial charge in [-0.05, 0) is 19.9 Å². The number of allylic oxidation sites excluding steroid dienone is 3. The van der Waals surface area contributed by atoms with Crippen molar-refractivity contribution in [3.63, 3.8) is 0 Å². The Labute approximate surface area is 155 Å². The summed E-state index contributed by atoms with van der Waals surface area (Å²) in [6.07, 6.45) is -1.28. The van der Waals surface area contributed by atoms with Gasteiger partial charge in [-0.3, -0.25) is 14.6 Å². The fraction of sp³-hybridized carbons (Fsp3) is 0.500. The Morgan fingerprint density at radius 2 is 2.04 bits per heavy atom. The second-order valence-corrected chi connectivity index (χ2v) is 6.08. The summed E-state index contributed by atoms with van der Waals surface area (Å²) >= 11 is 6.22. The van der Waals surface area contributed by atoms with Gasteiger partial charge in [0.15, 0.2) is 0 Å². The Hall–Kier alpha value is -2.00. The van der Waals surface area contributed by atoms with Gasteiger partial charge in [-0.25, -0.2) is 5.43 Å². The number of carbonyl (C=O) groups excluding carboxylic acids is 2. The van der Waals surface area contributed by atoms with E-state index in [-0.39, 0.29) is 6.54 Å². The Kier molecular flexibility index (Phi) is 7.70. The van der Waals surface area contributed by atoms with Crippen LogP contribution in [0.1, 0.15) is 20.3 Å². The molecule has 1 heterocycles. The lowest BCUT2D eigenvalue weighted by atomic mass is 10.3. The molecule has 0 saturated carbocycles. The van der Waals surface area contributed by atoms with Crippen LogP contribution in [-0.2, 0) is 9.59 Å². The van der Waals surface area contributed by atoms with Gasteiger partial charge in [0.2, 0.25) is 11.8 Å².